The van der Waals surface area contributed by atoms with E-state index in [4.69, 9.17) is 0 Å². The molecular formula is C32H36N4O4S2. The van der Waals surface area contributed by atoms with Gasteiger partial charge in [-0.3, -0.25) is 23.7 Å². The summed E-state index contributed by atoms with van der Waals surface area (Å²) >= 11 is 2.38. The normalized spacial score (nSPS) is 21.8. The average Bonchev–Trinajstić information content (AvgIpc) is 3.45. The number of imide groups is 1. The number of hydrogen-bond acceptors (Lipinski definition) is 7. The quantitative estimate of drug-likeness (QED) is 0.358. The maximum Gasteiger partial charge on any atom is 0.308 e. The van der Waals surface area contributed by atoms with Gasteiger partial charge in [0.05, 0.1) is 16.6 Å². The topological polar surface area (TPSA) is 82.9 Å². The second-order valence-electron chi connectivity index (χ2n) is 11.2. The molecule has 0 radical (unpaired) electrons. The van der Waals surface area contributed by atoms with Crippen LogP contribution in [-0.4, -0.2) is 58.6 Å². The van der Waals surface area contributed by atoms with Crippen molar-refractivity contribution in [1.29, 1.82) is 0 Å². The molecule has 2 aromatic carbocycles. The summed E-state index contributed by atoms with van der Waals surface area (Å²) in [5, 5.41) is -0.0505. The molecule has 220 valence electrons. The Balaban J connectivity index is 1.43. The van der Waals surface area contributed by atoms with Crippen molar-refractivity contribution in [2.24, 2.45) is 5.92 Å². The molecule has 2 saturated heterocycles. The molecule has 3 atom stereocenters. The van der Waals surface area contributed by atoms with E-state index in [-0.39, 0.29) is 29.1 Å². The Bertz CT molecular complexity index is 1550. The average molecular weight is 605 g/mol. The van der Waals surface area contributed by atoms with Crippen LogP contribution >= 0.6 is 23.1 Å². The molecule has 10 heteroatoms. The first-order valence-corrected chi connectivity index (χ1v) is 16.5. The number of fused-ring (bicyclic) bond motifs is 2. The van der Waals surface area contributed by atoms with Crippen LogP contribution in [0, 0.1) is 12.8 Å². The Morgan fingerprint density at radius 1 is 0.905 bits per heavy atom. The molecule has 3 aromatic rings. The number of hydrogen-bond donors (Lipinski definition) is 0. The van der Waals surface area contributed by atoms with E-state index in [2.05, 4.69) is 30.9 Å². The zero-order valence-electron chi connectivity index (χ0n) is 24.2. The van der Waals surface area contributed by atoms with Gasteiger partial charge in [0.15, 0.2) is 0 Å². The lowest BCUT2D eigenvalue weighted by Crippen LogP contribution is -2.39. The Labute approximate surface area is 254 Å². The number of thioether (sulfide) groups is 1. The van der Waals surface area contributed by atoms with E-state index in [9.17, 15) is 19.2 Å². The van der Waals surface area contributed by atoms with Gasteiger partial charge in [0.25, 0.3) is 0 Å². The van der Waals surface area contributed by atoms with Crippen molar-refractivity contribution in [3.63, 3.8) is 0 Å². The van der Waals surface area contributed by atoms with Crippen LogP contribution < -0.4 is 14.7 Å². The van der Waals surface area contributed by atoms with E-state index >= 15 is 0 Å². The third-order valence-corrected chi connectivity index (χ3v) is 11.3. The summed E-state index contributed by atoms with van der Waals surface area (Å²) in [7, 11) is 0. The van der Waals surface area contributed by atoms with Crippen molar-refractivity contribution in [2.75, 3.05) is 36.0 Å². The number of nitrogens with zero attached hydrogens (tertiary/aromatic N) is 4. The molecule has 4 heterocycles. The Kier molecular flexibility index (Phi) is 8.02. The molecule has 8 nitrogen and oxygen atoms in total. The van der Waals surface area contributed by atoms with E-state index in [1.165, 1.54) is 16.7 Å². The fraction of sp³-hybridized carbons (Fsp3) is 0.438. The third-order valence-electron chi connectivity index (χ3n) is 8.72. The molecule has 42 heavy (non-hydrogen) atoms. The molecule has 3 unspecified atom stereocenters. The molecule has 3 amide bonds. The van der Waals surface area contributed by atoms with E-state index < -0.39 is 17.1 Å². The van der Waals surface area contributed by atoms with Crippen LogP contribution in [0.25, 0.3) is 0 Å². The molecule has 0 aliphatic carbocycles. The van der Waals surface area contributed by atoms with Crippen LogP contribution in [0.3, 0.4) is 0 Å². The molecule has 0 bridgehead atoms. The van der Waals surface area contributed by atoms with E-state index in [0.29, 0.717) is 23.8 Å². The van der Waals surface area contributed by atoms with Gasteiger partial charge in [0, 0.05) is 42.7 Å². The van der Waals surface area contributed by atoms with Gasteiger partial charge in [-0.15, -0.1) is 0 Å². The van der Waals surface area contributed by atoms with Crippen LogP contribution in [0.4, 0.5) is 11.4 Å². The summed E-state index contributed by atoms with van der Waals surface area (Å²) in [6.07, 6.45) is 3.05. The van der Waals surface area contributed by atoms with Crippen molar-refractivity contribution in [1.82, 2.24) is 9.47 Å². The number of rotatable bonds is 7. The van der Waals surface area contributed by atoms with Crippen LogP contribution in [0.15, 0.2) is 58.4 Å². The highest BCUT2D eigenvalue weighted by Gasteiger charge is 2.56. The Hall–Kier alpha value is -3.37. The first kappa shape index (κ1) is 28.7. The number of carbonyl (C=O) groups excluding carboxylic acids is 3. The Morgan fingerprint density at radius 3 is 2.21 bits per heavy atom. The van der Waals surface area contributed by atoms with Crippen molar-refractivity contribution < 1.29 is 14.4 Å². The van der Waals surface area contributed by atoms with Crippen LogP contribution in [-0.2, 0) is 20.9 Å². The SMILES string of the molecule is CCN(CC)c1ccc(C2c3sc(=O)n(CC(=O)N4CCCCC4)c3SC3C(=O)N(c4ccc(C)cc4)C(=O)C32)cc1. The molecule has 0 N–H and O–H groups in total. The summed E-state index contributed by atoms with van der Waals surface area (Å²) in [6, 6.07) is 15.6. The van der Waals surface area contributed by atoms with Crippen LogP contribution in [0.1, 0.15) is 55.0 Å². The third kappa shape index (κ3) is 4.98. The van der Waals surface area contributed by atoms with Gasteiger partial charge < -0.3 is 9.80 Å². The molecule has 6 rings (SSSR count). The summed E-state index contributed by atoms with van der Waals surface area (Å²) in [6.45, 7) is 9.30. The minimum absolute atomic E-state index is 0.0491. The first-order chi connectivity index (χ1) is 20.3. The van der Waals surface area contributed by atoms with Crippen molar-refractivity contribution in [3.8, 4) is 0 Å². The van der Waals surface area contributed by atoms with Gasteiger partial charge in [-0.2, -0.15) is 0 Å². The highest BCUT2D eigenvalue weighted by Crippen LogP contribution is 2.54. The molecule has 3 aliphatic rings. The van der Waals surface area contributed by atoms with Crippen molar-refractivity contribution in [3.05, 3.63) is 74.2 Å². The number of likely N-dealkylation sites (tertiary alicyclic amines) is 1. The van der Waals surface area contributed by atoms with Crippen molar-refractivity contribution >= 4 is 52.2 Å². The maximum absolute atomic E-state index is 14.1. The van der Waals surface area contributed by atoms with Gasteiger partial charge in [-0.1, -0.05) is 52.9 Å². The summed E-state index contributed by atoms with van der Waals surface area (Å²) in [5.74, 6) is -1.72. The highest BCUT2D eigenvalue weighted by molar-refractivity contribution is 8.00. The molecule has 2 fully saturated rings. The maximum atomic E-state index is 14.1. The van der Waals surface area contributed by atoms with Gasteiger partial charge in [0.2, 0.25) is 17.7 Å². The minimum atomic E-state index is -0.691. The summed E-state index contributed by atoms with van der Waals surface area (Å²) in [4.78, 5) is 60.7. The lowest BCUT2D eigenvalue weighted by atomic mass is 9.83. The second-order valence-corrected chi connectivity index (χ2v) is 13.3. The zero-order valence-corrected chi connectivity index (χ0v) is 25.9. The number of anilines is 2. The lowest BCUT2D eigenvalue weighted by molar-refractivity contribution is -0.133. The number of aryl methyl sites for hydroxylation is 1. The minimum Gasteiger partial charge on any atom is -0.372 e. The van der Waals surface area contributed by atoms with Crippen LogP contribution in [0.2, 0.25) is 0 Å². The molecule has 0 spiro atoms. The first-order valence-electron chi connectivity index (χ1n) is 14.8. The smallest absolute Gasteiger partial charge is 0.308 e. The number of aromatic nitrogens is 1. The number of carbonyl (C=O) groups is 3. The monoisotopic (exact) mass is 604 g/mol. The number of benzene rings is 2. The fourth-order valence-electron chi connectivity index (χ4n) is 6.42. The largest absolute Gasteiger partial charge is 0.372 e. The molecule has 1 aromatic heterocycles. The lowest BCUT2D eigenvalue weighted by Gasteiger charge is -2.31. The summed E-state index contributed by atoms with van der Waals surface area (Å²) in [5.41, 5.74) is 3.58. The zero-order chi connectivity index (χ0) is 29.5. The summed E-state index contributed by atoms with van der Waals surface area (Å²) < 4.78 is 1.54. The molecule has 0 saturated carbocycles. The second kappa shape index (κ2) is 11.7. The van der Waals surface area contributed by atoms with Crippen LogP contribution in [0.5, 0.6) is 0 Å². The standard InChI is InChI=1S/C32H36N4O4S2/c1-4-33(5-2)22-15-11-21(12-16-22)25-26-27(30(39)36(29(26)38)23-13-9-20(3)10-14-23)41-31-28(25)42-32(40)35(31)19-24(37)34-17-7-6-8-18-34/h9-16,25-27H,4-8,17-19H2,1-3H3. The predicted octanol–water partition coefficient (Wildman–Crippen LogP) is 4.87. The Morgan fingerprint density at radius 2 is 1.57 bits per heavy atom. The van der Waals surface area contributed by atoms with Gasteiger partial charge >= 0.3 is 4.87 Å². The van der Waals surface area contributed by atoms with E-state index in [0.717, 1.165) is 65.4 Å². The molecular weight excluding hydrogens is 569 g/mol. The number of thiazole rings is 1. The predicted molar refractivity (Wildman–Crippen MR) is 168 cm³/mol. The van der Waals surface area contributed by atoms with E-state index in [1.54, 1.807) is 4.57 Å². The van der Waals surface area contributed by atoms with Gasteiger partial charge in [0.1, 0.15) is 11.8 Å². The van der Waals surface area contributed by atoms with Crippen molar-refractivity contribution in [2.45, 2.75) is 62.8 Å². The number of piperidine rings is 1. The van der Waals surface area contributed by atoms with Gasteiger partial charge in [-0.05, 0) is 69.9 Å². The number of amides is 3. The fourth-order valence-corrected chi connectivity index (χ4v) is 9.20. The molecule has 3 aliphatic heterocycles. The highest BCUT2D eigenvalue weighted by atomic mass is 32.2. The van der Waals surface area contributed by atoms with E-state index in [1.807, 2.05) is 48.2 Å². The van der Waals surface area contributed by atoms with Gasteiger partial charge in [-0.25, -0.2) is 4.90 Å².